The van der Waals surface area contributed by atoms with Crippen LogP contribution in [0.4, 0.5) is 0 Å². The standard InChI is InChI=1S/C14H13Br2ClOS/c1-7-4-10(15)8(2)12(14(7)18-3)13(17)9-5-11(16)19-6-9/h4-6,13H,1-3H3. The summed E-state index contributed by atoms with van der Waals surface area (Å²) in [4.78, 5) is 0. The van der Waals surface area contributed by atoms with E-state index >= 15 is 0 Å². The van der Waals surface area contributed by atoms with Crippen LogP contribution in [0.2, 0.25) is 0 Å². The zero-order chi connectivity index (χ0) is 14.2. The lowest BCUT2D eigenvalue weighted by Gasteiger charge is -2.19. The van der Waals surface area contributed by atoms with Gasteiger partial charge in [0, 0.05) is 10.0 Å². The molecular weight excluding hydrogens is 411 g/mol. The van der Waals surface area contributed by atoms with Gasteiger partial charge in [0.1, 0.15) is 5.75 Å². The molecule has 0 aliphatic rings. The van der Waals surface area contributed by atoms with Crippen molar-refractivity contribution in [3.05, 3.63) is 48.0 Å². The van der Waals surface area contributed by atoms with Gasteiger partial charge in [-0.2, -0.15) is 0 Å². The van der Waals surface area contributed by atoms with Gasteiger partial charge in [0.25, 0.3) is 0 Å². The Labute approximate surface area is 139 Å². The molecule has 1 atom stereocenters. The largest absolute Gasteiger partial charge is 0.496 e. The zero-order valence-electron chi connectivity index (χ0n) is 10.8. The molecule has 2 rings (SSSR count). The maximum Gasteiger partial charge on any atom is 0.127 e. The van der Waals surface area contributed by atoms with Crippen LogP contribution in [0, 0.1) is 13.8 Å². The molecule has 0 amide bonds. The fourth-order valence-electron chi connectivity index (χ4n) is 2.07. The third-order valence-electron chi connectivity index (χ3n) is 3.05. The molecule has 1 aromatic heterocycles. The second-order valence-corrected chi connectivity index (χ2v) is 7.88. The number of thiophene rings is 1. The van der Waals surface area contributed by atoms with Crippen LogP contribution in [0.5, 0.6) is 5.75 Å². The van der Waals surface area contributed by atoms with E-state index in [4.69, 9.17) is 16.3 Å². The molecule has 0 fully saturated rings. The van der Waals surface area contributed by atoms with Gasteiger partial charge in [-0.25, -0.2) is 0 Å². The van der Waals surface area contributed by atoms with Crippen molar-refractivity contribution in [3.63, 3.8) is 0 Å². The number of alkyl halides is 1. The first-order valence-corrected chi connectivity index (χ1v) is 8.57. The summed E-state index contributed by atoms with van der Waals surface area (Å²) in [5, 5.41) is 1.85. The molecule has 1 unspecified atom stereocenters. The number of ether oxygens (including phenoxy) is 1. The van der Waals surface area contributed by atoms with Crippen molar-refractivity contribution >= 4 is 54.8 Å². The third-order valence-corrected chi connectivity index (χ3v) is 5.86. The number of methoxy groups -OCH3 is 1. The molecule has 0 spiro atoms. The van der Waals surface area contributed by atoms with E-state index in [1.54, 1.807) is 18.4 Å². The van der Waals surface area contributed by atoms with E-state index in [9.17, 15) is 0 Å². The normalized spacial score (nSPS) is 12.5. The number of hydrogen-bond acceptors (Lipinski definition) is 2. The monoisotopic (exact) mass is 422 g/mol. The van der Waals surface area contributed by atoms with Gasteiger partial charge in [-0.1, -0.05) is 15.9 Å². The smallest absolute Gasteiger partial charge is 0.127 e. The summed E-state index contributed by atoms with van der Waals surface area (Å²) in [6, 6.07) is 4.11. The number of benzene rings is 1. The SMILES string of the molecule is COc1c(C)cc(Br)c(C)c1C(Cl)c1csc(Br)c1. The highest BCUT2D eigenvalue weighted by Gasteiger charge is 2.22. The van der Waals surface area contributed by atoms with E-state index in [1.807, 2.05) is 6.92 Å². The van der Waals surface area contributed by atoms with Gasteiger partial charge in [0.2, 0.25) is 0 Å². The van der Waals surface area contributed by atoms with Crippen LogP contribution < -0.4 is 4.74 Å². The van der Waals surface area contributed by atoms with E-state index in [0.29, 0.717) is 0 Å². The minimum Gasteiger partial charge on any atom is -0.496 e. The molecule has 0 aliphatic carbocycles. The van der Waals surface area contributed by atoms with Gasteiger partial charge in [-0.05, 0) is 64.0 Å². The van der Waals surface area contributed by atoms with Gasteiger partial charge in [-0.15, -0.1) is 22.9 Å². The lowest BCUT2D eigenvalue weighted by atomic mass is 9.98. The molecule has 0 saturated heterocycles. The van der Waals surface area contributed by atoms with E-state index in [1.165, 1.54) is 0 Å². The van der Waals surface area contributed by atoms with Crippen LogP contribution in [-0.4, -0.2) is 7.11 Å². The van der Waals surface area contributed by atoms with Crippen molar-refractivity contribution in [3.8, 4) is 5.75 Å². The number of rotatable bonds is 3. The first kappa shape index (κ1) is 15.4. The molecule has 0 bridgehead atoms. The molecule has 1 heterocycles. The van der Waals surface area contributed by atoms with E-state index in [0.717, 1.165) is 36.3 Å². The lowest BCUT2D eigenvalue weighted by Crippen LogP contribution is -2.02. The molecular formula is C14H13Br2ClOS. The molecule has 1 aromatic carbocycles. The first-order chi connectivity index (χ1) is 8.95. The van der Waals surface area contributed by atoms with Crippen molar-refractivity contribution in [1.82, 2.24) is 0 Å². The van der Waals surface area contributed by atoms with Crippen LogP contribution in [0.25, 0.3) is 0 Å². The van der Waals surface area contributed by atoms with E-state index < -0.39 is 0 Å². The van der Waals surface area contributed by atoms with Crippen LogP contribution >= 0.6 is 54.8 Å². The fourth-order valence-corrected chi connectivity index (χ4v) is 4.30. The van der Waals surface area contributed by atoms with Crippen molar-refractivity contribution in [2.45, 2.75) is 19.2 Å². The zero-order valence-corrected chi connectivity index (χ0v) is 15.5. The summed E-state index contributed by atoms with van der Waals surface area (Å²) in [5.74, 6) is 0.864. The molecule has 0 N–H and O–H groups in total. The second kappa shape index (κ2) is 6.17. The van der Waals surface area contributed by atoms with Crippen molar-refractivity contribution in [1.29, 1.82) is 0 Å². The molecule has 0 saturated carbocycles. The minimum atomic E-state index is -0.214. The van der Waals surface area contributed by atoms with E-state index in [2.05, 4.69) is 56.3 Å². The summed E-state index contributed by atoms with van der Waals surface area (Å²) >= 11 is 15.4. The van der Waals surface area contributed by atoms with Crippen LogP contribution in [0.1, 0.15) is 27.6 Å². The topological polar surface area (TPSA) is 9.23 Å². The van der Waals surface area contributed by atoms with Gasteiger partial charge in [0.05, 0.1) is 16.3 Å². The van der Waals surface area contributed by atoms with Gasteiger partial charge in [0.15, 0.2) is 0 Å². The predicted molar refractivity (Wildman–Crippen MR) is 89.9 cm³/mol. The Kier molecular flexibility index (Phi) is 4.99. The van der Waals surface area contributed by atoms with Crippen LogP contribution in [0.3, 0.4) is 0 Å². The van der Waals surface area contributed by atoms with Crippen LogP contribution in [-0.2, 0) is 0 Å². The average Bonchev–Trinajstić information content (AvgIpc) is 2.79. The van der Waals surface area contributed by atoms with Crippen molar-refractivity contribution in [2.24, 2.45) is 0 Å². The lowest BCUT2D eigenvalue weighted by molar-refractivity contribution is 0.406. The number of halogens is 3. The summed E-state index contributed by atoms with van der Waals surface area (Å²) in [7, 11) is 1.69. The van der Waals surface area contributed by atoms with Crippen LogP contribution in [0.15, 0.2) is 25.8 Å². The Morgan fingerprint density at radius 2 is 1.95 bits per heavy atom. The fraction of sp³-hybridized carbons (Fsp3) is 0.286. The first-order valence-electron chi connectivity index (χ1n) is 5.67. The molecule has 0 radical (unpaired) electrons. The van der Waals surface area contributed by atoms with Gasteiger partial charge >= 0.3 is 0 Å². The molecule has 2 aromatic rings. The predicted octanol–water partition coefficient (Wildman–Crippen LogP) is 6.23. The molecule has 0 aliphatic heterocycles. The maximum absolute atomic E-state index is 6.66. The minimum absolute atomic E-state index is 0.214. The quantitative estimate of drug-likeness (QED) is 0.531. The Morgan fingerprint density at radius 3 is 2.47 bits per heavy atom. The Hall–Kier alpha value is -0.0300. The maximum atomic E-state index is 6.66. The summed E-state index contributed by atoms with van der Waals surface area (Å²) in [6.45, 7) is 4.08. The Balaban J connectivity index is 2.60. The number of aryl methyl sites for hydroxylation is 1. The van der Waals surface area contributed by atoms with E-state index in [-0.39, 0.29) is 5.38 Å². The van der Waals surface area contributed by atoms with Gasteiger partial charge < -0.3 is 4.74 Å². The second-order valence-electron chi connectivity index (χ2n) is 4.29. The molecule has 5 heteroatoms. The third kappa shape index (κ3) is 3.02. The van der Waals surface area contributed by atoms with Gasteiger partial charge in [-0.3, -0.25) is 0 Å². The number of hydrogen-bond donors (Lipinski definition) is 0. The average molecular weight is 425 g/mol. The Bertz CT molecular complexity index is 610. The highest BCUT2D eigenvalue weighted by Crippen LogP contribution is 2.43. The molecule has 102 valence electrons. The highest BCUT2D eigenvalue weighted by atomic mass is 79.9. The summed E-state index contributed by atoms with van der Waals surface area (Å²) in [5.41, 5.74) is 4.30. The summed E-state index contributed by atoms with van der Waals surface area (Å²) < 4.78 is 7.68. The van der Waals surface area contributed by atoms with Crippen molar-refractivity contribution < 1.29 is 4.74 Å². The van der Waals surface area contributed by atoms with Crippen molar-refractivity contribution in [2.75, 3.05) is 7.11 Å². The summed E-state index contributed by atoms with van der Waals surface area (Å²) in [6.07, 6.45) is 0. The molecule has 1 nitrogen and oxygen atoms in total. The Morgan fingerprint density at radius 1 is 1.26 bits per heavy atom. The highest BCUT2D eigenvalue weighted by molar-refractivity contribution is 9.11. The molecule has 19 heavy (non-hydrogen) atoms.